The van der Waals surface area contributed by atoms with Gasteiger partial charge in [-0.05, 0) is 17.7 Å². The highest BCUT2D eigenvalue weighted by molar-refractivity contribution is 9.10. The van der Waals surface area contributed by atoms with E-state index < -0.39 is 0 Å². The Morgan fingerprint density at radius 2 is 1.80 bits per heavy atom. The van der Waals surface area contributed by atoms with Crippen molar-refractivity contribution in [2.75, 3.05) is 3.93 Å². The third-order valence-electron chi connectivity index (χ3n) is 3.75. The Kier molecular flexibility index (Phi) is 2.47. The molecule has 0 aliphatic carbocycles. The van der Waals surface area contributed by atoms with Gasteiger partial charge in [0, 0.05) is 16.5 Å². The van der Waals surface area contributed by atoms with Crippen LogP contribution in [0.4, 0.5) is 5.69 Å². The summed E-state index contributed by atoms with van der Waals surface area (Å²) in [5.41, 5.74) is 5.10. The summed E-state index contributed by atoms with van der Waals surface area (Å²) in [6, 6.07) is 16.0. The highest BCUT2D eigenvalue weighted by atomic mass is 79.9. The second kappa shape index (κ2) is 4.21. The molecule has 0 unspecified atom stereocenters. The molecule has 4 rings (SSSR count). The largest absolute Gasteiger partial charge is 0.354 e. The van der Waals surface area contributed by atoms with Crippen LogP contribution in [-0.2, 0) is 11.2 Å². The zero-order valence-electron chi connectivity index (χ0n) is 10.6. The van der Waals surface area contributed by atoms with E-state index in [-0.39, 0.29) is 5.91 Å². The highest BCUT2D eigenvalue weighted by Gasteiger charge is 2.26. The minimum atomic E-state index is 0.0425. The van der Waals surface area contributed by atoms with Gasteiger partial charge in [-0.2, -0.15) is 0 Å². The van der Waals surface area contributed by atoms with Crippen LogP contribution in [0.2, 0.25) is 0 Å². The number of fused-ring (bicyclic) bond motifs is 5. The van der Waals surface area contributed by atoms with Gasteiger partial charge < -0.3 is 4.98 Å². The van der Waals surface area contributed by atoms with Crippen molar-refractivity contribution in [1.29, 1.82) is 0 Å². The van der Waals surface area contributed by atoms with Gasteiger partial charge in [-0.25, -0.2) is 3.93 Å². The fourth-order valence-electron chi connectivity index (χ4n) is 2.82. The van der Waals surface area contributed by atoms with Crippen molar-refractivity contribution in [3.63, 3.8) is 0 Å². The van der Waals surface area contributed by atoms with Crippen molar-refractivity contribution in [2.45, 2.75) is 6.42 Å². The van der Waals surface area contributed by atoms with E-state index >= 15 is 0 Å². The lowest BCUT2D eigenvalue weighted by Gasteiger charge is -2.14. The quantitative estimate of drug-likeness (QED) is 0.622. The van der Waals surface area contributed by atoms with Crippen LogP contribution < -0.4 is 3.93 Å². The molecule has 0 saturated carbocycles. The lowest BCUT2D eigenvalue weighted by atomic mass is 10.0. The summed E-state index contributed by atoms with van der Waals surface area (Å²) in [6.07, 6.45) is 0.388. The van der Waals surface area contributed by atoms with E-state index in [2.05, 4.69) is 27.2 Å². The van der Waals surface area contributed by atoms with Crippen LogP contribution in [0.1, 0.15) is 5.56 Å². The molecule has 1 aromatic heterocycles. The Morgan fingerprint density at radius 1 is 1.05 bits per heavy atom. The number of carbonyl (C=O) groups is 1. The number of hydrogen-bond acceptors (Lipinski definition) is 1. The van der Waals surface area contributed by atoms with Crippen molar-refractivity contribution >= 4 is 38.6 Å². The molecule has 3 nitrogen and oxygen atoms in total. The number of anilines is 1. The summed E-state index contributed by atoms with van der Waals surface area (Å²) in [6.45, 7) is 0. The molecule has 2 heterocycles. The van der Waals surface area contributed by atoms with E-state index in [0.29, 0.717) is 6.42 Å². The van der Waals surface area contributed by atoms with E-state index in [0.717, 1.165) is 33.4 Å². The minimum absolute atomic E-state index is 0.0425. The fraction of sp³-hybridized carbons (Fsp3) is 0.0625. The number of rotatable bonds is 0. The molecule has 1 aliphatic heterocycles. The topological polar surface area (TPSA) is 36.1 Å². The van der Waals surface area contributed by atoms with Gasteiger partial charge in [0.05, 0.1) is 33.9 Å². The molecule has 3 aromatic rings. The Morgan fingerprint density at radius 3 is 2.70 bits per heavy atom. The molecule has 0 radical (unpaired) electrons. The zero-order chi connectivity index (χ0) is 13.7. The molecule has 0 atom stereocenters. The number of H-pyrrole nitrogens is 1. The number of nitrogens with one attached hydrogen (secondary N) is 1. The average Bonchev–Trinajstić information content (AvgIpc) is 2.80. The van der Waals surface area contributed by atoms with Crippen molar-refractivity contribution in [3.8, 4) is 11.3 Å². The van der Waals surface area contributed by atoms with Crippen LogP contribution in [0.3, 0.4) is 0 Å². The number of aromatic nitrogens is 1. The van der Waals surface area contributed by atoms with Crippen LogP contribution >= 0.6 is 16.1 Å². The maximum absolute atomic E-state index is 12.3. The maximum Gasteiger partial charge on any atom is 0.241 e. The van der Waals surface area contributed by atoms with Crippen molar-refractivity contribution in [1.82, 2.24) is 4.98 Å². The first-order valence-corrected chi connectivity index (χ1v) is 7.14. The lowest BCUT2D eigenvalue weighted by molar-refractivity contribution is -0.116. The van der Waals surface area contributed by atoms with Crippen LogP contribution in [0, 0.1) is 0 Å². The first-order chi connectivity index (χ1) is 9.75. The molecular weight excluding hydrogens is 316 g/mol. The van der Waals surface area contributed by atoms with Crippen molar-refractivity contribution in [2.24, 2.45) is 0 Å². The first kappa shape index (κ1) is 11.7. The van der Waals surface area contributed by atoms with E-state index in [1.54, 1.807) is 3.93 Å². The van der Waals surface area contributed by atoms with E-state index in [1.807, 2.05) is 42.5 Å². The van der Waals surface area contributed by atoms with Gasteiger partial charge in [0.2, 0.25) is 5.91 Å². The SMILES string of the molecule is O=C1Cc2c([nH]c3ccccc23)-c2ccccc2N1Br. The van der Waals surface area contributed by atoms with Gasteiger partial charge >= 0.3 is 0 Å². The van der Waals surface area contributed by atoms with Gasteiger partial charge in [-0.15, -0.1) is 0 Å². The highest BCUT2D eigenvalue weighted by Crippen LogP contribution is 2.40. The predicted octanol–water partition coefficient (Wildman–Crippen LogP) is 4.03. The van der Waals surface area contributed by atoms with Crippen LogP contribution in [0.15, 0.2) is 48.5 Å². The summed E-state index contributed by atoms with van der Waals surface area (Å²) in [5, 5.41) is 1.12. The molecule has 20 heavy (non-hydrogen) atoms. The van der Waals surface area contributed by atoms with E-state index in [1.165, 1.54) is 0 Å². The van der Waals surface area contributed by atoms with Crippen LogP contribution in [0.5, 0.6) is 0 Å². The molecule has 1 N–H and O–H groups in total. The Hall–Kier alpha value is -2.07. The standard InChI is InChI=1S/C16H11BrN2O/c17-19-14-8-4-2-6-11(14)16-12(9-15(19)20)10-5-1-3-7-13(10)18-16/h1-8,18H,9H2. The second-order valence-corrected chi connectivity index (χ2v) is 5.60. The van der Waals surface area contributed by atoms with Gasteiger partial charge in [0.1, 0.15) is 0 Å². The maximum atomic E-state index is 12.3. The van der Waals surface area contributed by atoms with Gasteiger partial charge in [-0.3, -0.25) is 4.79 Å². The summed E-state index contributed by atoms with van der Waals surface area (Å²) < 4.78 is 1.56. The van der Waals surface area contributed by atoms with E-state index in [9.17, 15) is 4.79 Å². The summed E-state index contributed by atoms with van der Waals surface area (Å²) in [5.74, 6) is 0.0425. The number of amides is 1. The number of hydrogen-bond donors (Lipinski definition) is 1. The predicted molar refractivity (Wildman–Crippen MR) is 83.9 cm³/mol. The van der Waals surface area contributed by atoms with Gasteiger partial charge in [0.15, 0.2) is 0 Å². The molecule has 0 bridgehead atoms. The van der Waals surface area contributed by atoms with Crippen LogP contribution in [-0.4, -0.2) is 10.9 Å². The number of nitrogens with zero attached hydrogens (tertiary/aromatic N) is 1. The van der Waals surface area contributed by atoms with Gasteiger partial charge in [-0.1, -0.05) is 36.4 Å². The number of carbonyl (C=O) groups excluding carboxylic acids is 1. The molecule has 0 spiro atoms. The Labute approximate surface area is 124 Å². The number of para-hydroxylation sites is 2. The number of benzene rings is 2. The summed E-state index contributed by atoms with van der Waals surface area (Å²) in [4.78, 5) is 15.8. The summed E-state index contributed by atoms with van der Waals surface area (Å²) in [7, 11) is 0. The lowest BCUT2D eigenvalue weighted by Crippen LogP contribution is -2.20. The third-order valence-corrected chi connectivity index (χ3v) is 4.52. The first-order valence-electron chi connectivity index (χ1n) is 6.43. The van der Waals surface area contributed by atoms with Crippen molar-refractivity contribution in [3.05, 3.63) is 54.1 Å². The second-order valence-electron chi connectivity index (χ2n) is 4.89. The Balaban J connectivity index is 2.12. The third kappa shape index (κ3) is 1.55. The zero-order valence-corrected chi connectivity index (χ0v) is 12.1. The Bertz CT molecular complexity index is 837. The minimum Gasteiger partial charge on any atom is -0.354 e. The van der Waals surface area contributed by atoms with Gasteiger partial charge in [0.25, 0.3) is 0 Å². The molecule has 0 saturated heterocycles. The average molecular weight is 327 g/mol. The van der Waals surface area contributed by atoms with E-state index in [4.69, 9.17) is 0 Å². The normalized spacial score (nSPS) is 14.1. The molecule has 4 heteroatoms. The smallest absolute Gasteiger partial charge is 0.241 e. The van der Waals surface area contributed by atoms with Crippen molar-refractivity contribution < 1.29 is 4.79 Å². The monoisotopic (exact) mass is 326 g/mol. The fourth-order valence-corrected chi connectivity index (χ4v) is 3.26. The molecule has 1 aliphatic rings. The molecule has 0 fully saturated rings. The van der Waals surface area contributed by atoms with Crippen LogP contribution in [0.25, 0.3) is 22.2 Å². The number of aromatic amines is 1. The molecule has 1 amide bonds. The molecule has 2 aromatic carbocycles. The summed E-state index contributed by atoms with van der Waals surface area (Å²) >= 11 is 3.38. The molecule has 98 valence electrons. The number of halogens is 1. The molecular formula is C16H11BrN2O.